The van der Waals surface area contributed by atoms with Crippen molar-refractivity contribution in [2.24, 2.45) is 0 Å². The van der Waals surface area contributed by atoms with Gasteiger partial charge in [-0.2, -0.15) is 0 Å². The van der Waals surface area contributed by atoms with Gasteiger partial charge < -0.3 is 4.42 Å². The summed E-state index contributed by atoms with van der Waals surface area (Å²) in [4.78, 5) is 28.2. The Morgan fingerprint density at radius 2 is 2.03 bits per heavy atom. The smallest absolute Gasteiger partial charge is 0.280 e. The molecule has 9 heteroatoms. The van der Waals surface area contributed by atoms with E-state index in [1.807, 2.05) is 24.3 Å². The molecule has 2 aromatic heterocycles. The molecule has 160 valence electrons. The summed E-state index contributed by atoms with van der Waals surface area (Å²) < 4.78 is 5.65. The largest absolute Gasteiger partial charge is 0.456 e. The van der Waals surface area contributed by atoms with Crippen LogP contribution >= 0.6 is 22.9 Å². The van der Waals surface area contributed by atoms with Gasteiger partial charge in [-0.15, -0.1) is 11.3 Å². The van der Waals surface area contributed by atoms with Crippen LogP contribution in [0.5, 0.6) is 0 Å². The summed E-state index contributed by atoms with van der Waals surface area (Å²) in [6, 6.07) is 17.2. The minimum atomic E-state index is -0.463. The Morgan fingerprint density at radius 1 is 1.19 bits per heavy atom. The number of rotatable bonds is 7. The molecule has 0 fully saturated rings. The number of anilines is 1. The highest BCUT2D eigenvalue weighted by Crippen LogP contribution is 2.31. The molecule has 4 aromatic rings. The average molecular weight is 466 g/mol. The summed E-state index contributed by atoms with van der Waals surface area (Å²) in [5, 5.41) is 15.1. The lowest BCUT2D eigenvalue weighted by molar-refractivity contribution is -0.384. The van der Waals surface area contributed by atoms with Gasteiger partial charge in [-0.25, -0.2) is 4.98 Å². The lowest BCUT2D eigenvalue weighted by Crippen LogP contribution is -2.06. The van der Waals surface area contributed by atoms with E-state index >= 15 is 0 Å². The Bertz CT molecular complexity index is 1310. The third-order valence-corrected chi connectivity index (χ3v) is 5.59. The number of halogens is 1. The van der Waals surface area contributed by atoms with E-state index < -0.39 is 4.92 Å². The number of nitrogens with zero attached hydrogens (tertiary/aromatic N) is 2. The van der Waals surface area contributed by atoms with E-state index in [2.05, 4.69) is 10.3 Å². The van der Waals surface area contributed by atoms with Crippen molar-refractivity contribution in [1.29, 1.82) is 0 Å². The Kier molecular flexibility index (Phi) is 6.44. The molecule has 0 bridgehead atoms. The number of amides is 1. The van der Waals surface area contributed by atoms with E-state index in [4.69, 9.17) is 16.0 Å². The average Bonchev–Trinajstić information content (AvgIpc) is 3.42. The van der Waals surface area contributed by atoms with E-state index in [0.717, 1.165) is 10.4 Å². The van der Waals surface area contributed by atoms with Crippen molar-refractivity contribution in [3.8, 4) is 11.3 Å². The minimum absolute atomic E-state index is 0.0486. The van der Waals surface area contributed by atoms with Gasteiger partial charge >= 0.3 is 0 Å². The number of hydrogen-bond donors (Lipinski definition) is 1. The Hall–Kier alpha value is -3.75. The molecule has 0 saturated carbocycles. The topological polar surface area (TPSA) is 98.3 Å². The SMILES string of the molecule is O=C(C=Cc1ccc(-c2ccccc2[N+](=O)[O-])o1)Nc1ncc(Cc2cccc(Cl)c2)s1. The Labute approximate surface area is 192 Å². The number of carbonyl (C=O) groups excluding carboxylic acids is 1. The van der Waals surface area contributed by atoms with Gasteiger partial charge in [0.15, 0.2) is 5.13 Å². The number of hydrogen-bond acceptors (Lipinski definition) is 6. The predicted octanol–water partition coefficient (Wildman–Crippen LogP) is 6.21. The van der Waals surface area contributed by atoms with E-state index in [9.17, 15) is 14.9 Å². The van der Waals surface area contributed by atoms with Crippen molar-refractivity contribution >= 4 is 45.7 Å². The molecule has 0 unspecified atom stereocenters. The Morgan fingerprint density at radius 3 is 2.84 bits per heavy atom. The molecular weight excluding hydrogens is 450 g/mol. The molecule has 1 amide bonds. The second-order valence-electron chi connectivity index (χ2n) is 6.74. The van der Waals surface area contributed by atoms with E-state index in [1.54, 1.807) is 36.5 Å². The lowest BCUT2D eigenvalue weighted by Gasteiger charge is -1.99. The molecular formula is C23H16ClN3O4S. The van der Waals surface area contributed by atoms with Gasteiger partial charge in [0.1, 0.15) is 11.5 Å². The molecule has 2 aromatic carbocycles. The zero-order chi connectivity index (χ0) is 22.5. The zero-order valence-corrected chi connectivity index (χ0v) is 18.1. The fourth-order valence-corrected chi connectivity index (χ4v) is 4.09. The van der Waals surface area contributed by atoms with Crippen molar-refractivity contribution in [1.82, 2.24) is 4.98 Å². The number of nitro benzene ring substituents is 1. The van der Waals surface area contributed by atoms with Crippen molar-refractivity contribution in [3.05, 3.63) is 104 Å². The van der Waals surface area contributed by atoms with E-state index in [-0.39, 0.29) is 11.6 Å². The van der Waals surface area contributed by atoms with Crippen molar-refractivity contribution in [2.75, 3.05) is 5.32 Å². The maximum Gasteiger partial charge on any atom is 0.280 e. The second kappa shape index (κ2) is 9.59. The number of aromatic nitrogens is 1. The molecule has 1 N–H and O–H groups in total. The Balaban J connectivity index is 1.39. The van der Waals surface area contributed by atoms with Crippen LogP contribution in [0.3, 0.4) is 0 Å². The molecule has 0 atom stereocenters. The lowest BCUT2D eigenvalue weighted by atomic mass is 10.1. The van der Waals surface area contributed by atoms with Gasteiger partial charge in [-0.1, -0.05) is 35.9 Å². The van der Waals surface area contributed by atoms with Gasteiger partial charge in [0.05, 0.1) is 10.5 Å². The van der Waals surface area contributed by atoms with Crippen molar-refractivity contribution in [2.45, 2.75) is 6.42 Å². The summed E-state index contributed by atoms with van der Waals surface area (Å²) in [6.07, 6.45) is 5.20. The predicted molar refractivity (Wildman–Crippen MR) is 125 cm³/mol. The van der Waals surface area contributed by atoms with Crippen LogP contribution in [0.15, 0.2) is 77.4 Å². The maximum absolute atomic E-state index is 12.2. The molecule has 0 aliphatic heterocycles. The molecule has 2 heterocycles. The third kappa shape index (κ3) is 5.29. The molecule has 0 aliphatic carbocycles. The first kappa shape index (κ1) is 21.5. The van der Waals surface area contributed by atoms with Crippen LogP contribution in [0.4, 0.5) is 10.8 Å². The molecule has 4 rings (SSSR count). The molecule has 7 nitrogen and oxygen atoms in total. The maximum atomic E-state index is 12.2. The van der Waals surface area contributed by atoms with Gasteiger partial charge in [-0.05, 0) is 42.0 Å². The first-order chi connectivity index (χ1) is 15.5. The number of para-hydroxylation sites is 1. The number of benzene rings is 2. The summed E-state index contributed by atoms with van der Waals surface area (Å²) in [6.45, 7) is 0. The van der Waals surface area contributed by atoms with Crippen LogP contribution in [0.25, 0.3) is 17.4 Å². The van der Waals surface area contributed by atoms with Crippen LogP contribution in [0.1, 0.15) is 16.2 Å². The highest BCUT2D eigenvalue weighted by Gasteiger charge is 2.16. The first-order valence-corrected chi connectivity index (χ1v) is 10.7. The van der Waals surface area contributed by atoms with E-state index in [0.29, 0.717) is 33.7 Å². The van der Waals surface area contributed by atoms with Gasteiger partial charge in [-0.3, -0.25) is 20.2 Å². The summed E-state index contributed by atoms with van der Waals surface area (Å²) in [7, 11) is 0. The zero-order valence-electron chi connectivity index (χ0n) is 16.5. The van der Waals surface area contributed by atoms with Gasteiger partial charge in [0.25, 0.3) is 5.69 Å². The number of nitro groups is 1. The second-order valence-corrected chi connectivity index (χ2v) is 8.29. The normalized spacial score (nSPS) is 11.0. The number of thiazole rings is 1. The van der Waals surface area contributed by atoms with Gasteiger partial charge in [0, 0.05) is 34.7 Å². The van der Waals surface area contributed by atoms with Crippen LogP contribution in [-0.4, -0.2) is 15.8 Å². The first-order valence-electron chi connectivity index (χ1n) is 9.50. The fraction of sp³-hybridized carbons (Fsp3) is 0.0435. The van der Waals surface area contributed by atoms with E-state index in [1.165, 1.54) is 29.6 Å². The van der Waals surface area contributed by atoms with Crippen LogP contribution in [-0.2, 0) is 11.2 Å². The molecule has 0 saturated heterocycles. The van der Waals surface area contributed by atoms with Crippen LogP contribution in [0.2, 0.25) is 5.02 Å². The molecule has 0 spiro atoms. The van der Waals surface area contributed by atoms with Crippen LogP contribution in [0, 0.1) is 10.1 Å². The highest BCUT2D eigenvalue weighted by molar-refractivity contribution is 7.15. The minimum Gasteiger partial charge on any atom is -0.456 e. The molecule has 0 aliphatic rings. The fourth-order valence-electron chi connectivity index (χ4n) is 3.03. The summed E-state index contributed by atoms with van der Waals surface area (Å²) in [5.74, 6) is 0.384. The van der Waals surface area contributed by atoms with Crippen molar-refractivity contribution < 1.29 is 14.1 Å². The van der Waals surface area contributed by atoms with Crippen molar-refractivity contribution in [3.63, 3.8) is 0 Å². The number of nitrogens with one attached hydrogen (secondary N) is 1. The standard InChI is InChI=1S/C23H16ClN3O4S/c24-16-5-3-4-15(12-16)13-18-14-25-23(32-18)26-22(28)11-9-17-8-10-21(31-17)19-6-1-2-7-20(19)27(29)30/h1-12,14H,13H2,(H,25,26,28). The quantitative estimate of drug-likeness (QED) is 0.199. The number of furan rings is 1. The summed E-state index contributed by atoms with van der Waals surface area (Å²) in [5.41, 5.74) is 1.38. The number of carbonyl (C=O) groups is 1. The monoisotopic (exact) mass is 465 g/mol. The summed E-state index contributed by atoms with van der Waals surface area (Å²) >= 11 is 7.40. The van der Waals surface area contributed by atoms with Gasteiger partial charge in [0.2, 0.25) is 5.91 Å². The third-order valence-electron chi connectivity index (χ3n) is 4.44. The molecule has 0 radical (unpaired) electrons. The highest BCUT2D eigenvalue weighted by atomic mass is 35.5. The molecule has 32 heavy (non-hydrogen) atoms. The van der Waals surface area contributed by atoms with Crippen LogP contribution < -0.4 is 5.32 Å².